The molecule has 2 heterocycles. The zero-order chi connectivity index (χ0) is 15.2. The maximum absolute atomic E-state index is 12.3. The predicted octanol–water partition coefficient (Wildman–Crippen LogP) is 2.70. The van der Waals surface area contributed by atoms with E-state index in [9.17, 15) is 9.59 Å². The summed E-state index contributed by atoms with van der Waals surface area (Å²) >= 11 is 1.41. The normalized spacial score (nSPS) is 18.9. The first-order chi connectivity index (χ1) is 10.1. The highest BCUT2D eigenvalue weighted by Crippen LogP contribution is 2.28. The summed E-state index contributed by atoms with van der Waals surface area (Å²) in [5.74, 6) is -0.449. The van der Waals surface area contributed by atoms with Crippen LogP contribution >= 0.6 is 11.3 Å². The van der Waals surface area contributed by atoms with Gasteiger partial charge in [0.05, 0.1) is 18.2 Å². The van der Waals surface area contributed by atoms with Crippen molar-refractivity contribution in [1.29, 1.82) is 0 Å². The van der Waals surface area contributed by atoms with Crippen molar-refractivity contribution in [2.24, 2.45) is 0 Å². The molecule has 0 saturated carbocycles. The lowest BCUT2D eigenvalue weighted by atomic mass is 10.1. The number of amides is 1. The molecular formula is C15H22N2O3S. The maximum atomic E-state index is 12.3. The van der Waals surface area contributed by atoms with Crippen LogP contribution in [0.15, 0.2) is 6.07 Å². The Hall–Kier alpha value is -1.40. The Morgan fingerprint density at radius 1 is 1.43 bits per heavy atom. The maximum Gasteiger partial charge on any atom is 0.341 e. The monoisotopic (exact) mass is 310 g/mol. The van der Waals surface area contributed by atoms with Crippen LogP contribution in [0.3, 0.4) is 0 Å². The van der Waals surface area contributed by atoms with Gasteiger partial charge in [0.2, 0.25) is 5.91 Å². The van der Waals surface area contributed by atoms with Gasteiger partial charge in [0.15, 0.2) is 0 Å². The number of rotatable bonds is 4. The molecule has 1 unspecified atom stereocenters. The third-order valence-corrected chi connectivity index (χ3v) is 4.43. The Morgan fingerprint density at radius 3 is 3.00 bits per heavy atom. The van der Waals surface area contributed by atoms with E-state index in [1.807, 2.05) is 6.92 Å². The number of hydrogen-bond acceptors (Lipinski definition) is 5. The van der Waals surface area contributed by atoms with Gasteiger partial charge in [-0.2, -0.15) is 0 Å². The van der Waals surface area contributed by atoms with Gasteiger partial charge in [-0.25, -0.2) is 4.79 Å². The molecule has 2 N–H and O–H groups in total. The first kappa shape index (κ1) is 16.0. The third-order valence-electron chi connectivity index (χ3n) is 3.46. The number of ether oxygens (including phenoxy) is 1. The lowest BCUT2D eigenvalue weighted by Gasteiger charge is -2.15. The van der Waals surface area contributed by atoms with Crippen LogP contribution in [-0.4, -0.2) is 31.1 Å². The standard InChI is InChI=1S/C15H22N2O3S/c1-3-20-15(19)11-9-10(2)21-14(11)17-13(18)12-7-5-4-6-8-16-12/h9,12,16H,3-8H2,1-2H3,(H,17,18). The van der Waals surface area contributed by atoms with Crippen LogP contribution in [0.5, 0.6) is 0 Å². The van der Waals surface area contributed by atoms with Crippen LogP contribution in [0.4, 0.5) is 5.00 Å². The number of thiophene rings is 1. The topological polar surface area (TPSA) is 67.4 Å². The summed E-state index contributed by atoms with van der Waals surface area (Å²) in [6.07, 6.45) is 4.16. The second kappa shape index (κ2) is 7.56. The lowest BCUT2D eigenvalue weighted by Crippen LogP contribution is -2.39. The summed E-state index contributed by atoms with van der Waals surface area (Å²) in [5, 5.41) is 6.73. The fraction of sp³-hybridized carbons (Fsp3) is 0.600. The molecule has 1 aromatic heterocycles. The van der Waals surface area contributed by atoms with E-state index in [0.717, 1.165) is 37.1 Å². The van der Waals surface area contributed by atoms with Gasteiger partial charge in [-0.15, -0.1) is 11.3 Å². The molecule has 0 aromatic carbocycles. The molecule has 0 aliphatic carbocycles. The number of aryl methyl sites for hydroxylation is 1. The van der Waals surface area contributed by atoms with Gasteiger partial charge in [-0.1, -0.05) is 12.8 Å². The van der Waals surface area contributed by atoms with Crippen LogP contribution in [0.25, 0.3) is 0 Å². The number of esters is 1. The highest BCUT2D eigenvalue weighted by molar-refractivity contribution is 7.16. The minimum Gasteiger partial charge on any atom is -0.462 e. The largest absolute Gasteiger partial charge is 0.462 e. The van der Waals surface area contributed by atoms with E-state index >= 15 is 0 Å². The van der Waals surface area contributed by atoms with Gasteiger partial charge < -0.3 is 15.4 Å². The van der Waals surface area contributed by atoms with Crippen LogP contribution in [0.1, 0.15) is 47.8 Å². The fourth-order valence-electron chi connectivity index (χ4n) is 2.42. The summed E-state index contributed by atoms with van der Waals surface area (Å²) in [6.45, 7) is 4.87. The second-order valence-electron chi connectivity index (χ2n) is 5.17. The molecule has 1 amide bonds. The first-order valence-electron chi connectivity index (χ1n) is 7.43. The van der Waals surface area contributed by atoms with Gasteiger partial charge in [-0.05, 0) is 39.3 Å². The van der Waals surface area contributed by atoms with Crippen molar-refractivity contribution in [2.45, 2.75) is 45.6 Å². The zero-order valence-electron chi connectivity index (χ0n) is 12.5. The van der Waals surface area contributed by atoms with Gasteiger partial charge in [-0.3, -0.25) is 4.79 Å². The van der Waals surface area contributed by atoms with E-state index in [1.165, 1.54) is 11.3 Å². The summed E-state index contributed by atoms with van der Waals surface area (Å²) < 4.78 is 5.03. The summed E-state index contributed by atoms with van der Waals surface area (Å²) in [6, 6.07) is 1.59. The third kappa shape index (κ3) is 4.28. The van der Waals surface area contributed by atoms with Crippen molar-refractivity contribution >= 4 is 28.2 Å². The highest BCUT2D eigenvalue weighted by atomic mass is 32.1. The Bertz CT molecular complexity index is 505. The number of anilines is 1. The smallest absolute Gasteiger partial charge is 0.341 e. The van der Waals surface area contributed by atoms with Crippen molar-refractivity contribution in [3.63, 3.8) is 0 Å². The Morgan fingerprint density at radius 2 is 2.24 bits per heavy atom. The minimum atomic E-state index is -0.383. The molecule has 21 heavy (non-hydrogen) atoms. The molecule has 5 nitrogen and oxygen atoms in total. The average Bonchev–Trinajstić information content (AvgIpc) is 2.67. The molecule has 1 aliphatic heterocycles. The molecule has 1 aliphatic rings. The van der Waals surface area contributed by atoms with Crippen molar-refractivity contribution in [1.82, 2.24) is 5.32 Å². The molecule has 116 valence electrons. The summed E-state index contributed by atoms with van der Waals surface area (Å²) in [4.78, 5) is 25.2. The lowest BCUT2D eigenvalue weighted by molar-refractivity contribution is -0.118. The molecule has 0 radical (unpaired) electrons. The number of carbonyl (C=O) groups excluding carboxylic acids is 2. The van der Waals surface area contributed by atoms with E-state index in [2.05, 4.69) is 10.6 Å². The molecule has 1 fully saturated rings. The Balaban J connectivity index is 2.07. The Kier molecular flexibility index (Phi) is 5.76. The number of carbonyl (C=O) groups is 2. The summed E-state index contributed by atoms with van der Waals surface area (Å²) in [7, 11) is 0. The fourth-order valence-corrected chi connectivity index (χ4v) is 3.32. The molecule has 2 rings (SSSR count). The van der Waals surface area contributed by atoms with Crippen LogP contribution in [0.2, 0.25) is 0 Å². The van der Waals surface area contributed by atoms with E-state index < -0.39 is 0 Å². The van der Waals surface area contributed by atoms with Gasteiger partial charge in [0.25, 0.3) is 0 Å². The SMILES string of the molecule is CCOC(=O)c1cc(C)sc1NC(=O)C1CCCCCN1. The van der Waals surface area contributed by atoms with E-state index in [-0.39, 0.29) is 17.9 Å². The minimum absolute atomic E-state index is 0.0655. The molecular weight excluding hydrogens is 288 g/mol. The molecule has 1 atom stereocenters. The van der Waals surface area contributed by atoms with Gasteiger partial charge >= 0.3 is 5.97 Å². The number of nitrogens with one attached hydrogen (secondary N) is 2. The van der Waals surface area contributed by atoms with Gasteiger partial charge in [0, 0.05) is 4.88 Å². The van der Waals surface area contributed by atoms with E-state index in [0.29, 0.717) is 17.2 Å². The molecule has 6 heteroatoms. The zero-order valence-corrected chi connectivity index (χ0v) is 13.3. The molecule has 1 saturated heterocycles. The van der Waals surface area contributed by atoms with E-state index in [4.69, 9.17) is 4.74 Å². The molecule has 0 spiro atoms. The average molecular weight is 310 g/mol. The van der Waals surface area contributed by atoms with Crippen LogP contribution < -0.4 is 10.6 Å². The Labute approximate surface area is 129 Å². The second-order valence-corrected chi connectivity index (χ2v) is 6.42. The molecule has 0 bridgehead atoms. The van der Waals surface area contributed by atoms with Crippen molar-refractivity contribution < 1.29 is 14.3 Å². The summed E-state index contributed by atoms with van der Waals surface area (Å²) in [5.41, 5.74) is 0.446. The van der Waals surface area contributed by atoms with Crippen molar-refractivity contribution in [3.8, 4) is 0 Å². The van der Waals surface area contributed by atoms with E-state index in [1.54, 1.807) is 13.0 Å². The van der Waals surface area contributed by atoms with Gasteiger partial charge in [0.1, 0.15) is 5.00 Å². The highest BCUT2D eigenvalue weighted by Gasteiger charge is 2.23. The number of hydrogen-bond donors (Lipinski definition) is 2. The molecule has 1 aromatic rings. The van der Waals surface area contributed by atoms with Crippen molar-refractivity contribution in [3.05, 3.63) is 16.5 Å². The van der Waals surface area contributed by atoms with Crippen molar-refractivity contribution in [2.75, 3.05) is 18.5 Å². The van der Waals surface area contributed by atoms with Crippen LogP contribution in [0, 0.1) is 6.92 Å². The van der Waals surface area contributed by atoms with Crippen LogP contribution in [-0.2, 0) is 9.53 Å². The predicted molar refractivity (Wildman–Crippen MR) is 83.9 cm³/mol. The quantitative estimate of drug-likeness (QED) is 0.839. The first-order valence-corrected chi connectivity index (χ1v) is 8.25.